The molecular formula is C32H37N3O2. The first-order valence-electron chi connectivity index (χ1n) is 13.3. The summed E-state index contributed by atoms with van der Waals surface area (Å²) in [7, 11) is 0. The molecule has 1 amide bonds. The van der Waals surface area contributed by atoms with Crippen LogP contribution in [-0.2, 0) is 12.8 Å². The Morgan fingerprint density at radius 1 is 0.757 bits per heavy atom. The number of carbonyl (C=O) groups is 1. The van der Waals surface area contributed by atoms with Gasteiger partial charge >= 0.3 is 0 Å². The molecule has 3 aromatic carbocycles. The van der Waals surface area contributed by atoms with E-state index in [1.165, 1.54) is 11.1 Å². The van der Waals surface area contributed by atoms with Gasteiger partial charge in [-0.2, -0.15) is 0 Å². The highest BCUT2D eigenvalue weighted by Crippen LogP contribution is 2.24. The molecule has 0 bridgehead atoms. The standard InChI is InChI=1S/C32H37N3O2/c1-3-34(4-2)23-24-37-31-25-29(28-17-11-12-18-30(28)33-31)32(36)35(21-19-26-13-7-5-8-14-26)22-20-27-15-9-6-10-16-27/h5-18,25H,3-4,19-24H2,1-2H3. The minimum absolute atomic E-state index is 0.0130. The third-order valence-corrected chi connectivity index (χ3v) is 6.79. The smallest absolute Gasteiger partial charge is 0.254 e. The van der Waals surface area contributed by atoms with Crippen LogP contribution >= 0.6 is 0 Å². The number of pyridine rings is 1. The Labute approximate surface area is 220 Å². The van der Waals surface area contributed by atoms with Gasteiger partial charge in [0.2, 0.25) is 5.88 Å². The van der Waals surface area contributed by atoms with E-state index in [4.69, 9.17) is 9.72 Å². The quantitative estimate of drug-likeness (QED) is 0.232. The summed E-state index contributed by atoms with van der Waals surface area (Å²) in [5, 5.41) is 0.855. The van der Waals surface area contributed by atoms with Crippen LogP contribution in [0.15, 0.2) is 91.0 Å². The van der Waals surface area contributed by atoms with Gasteiger partial charge in [-0.3, -0.25) is 4.79 Å². The molecule has 4 rings (SSSR count). The van der Waals surface area contributed by atoms with Crippen molar-refractivity contribution < 1.29 is 9.53 Å². The van der Waals surface area contributed by atoms with Crippen molar-refractivity contribution in [2.75, 3.05) is 39.3 Å². The Morgan fingerprint density at radius 2 is 1.32 bits per heavy atom. The number of fused-ring (bicyclic) bond motifs is 1. The molecule has 0 radical (unpaired) electrons. The Hall–Kier alpha value is -3.70. The van der Waals surface area contributed by atoms with Gasteiger partial charge in [0.1, 0.15) is 6.61 Å². The topological polar surface area (TPSA) is 45.7 Å². The monoisotopic (exact) mass is 495 g/mol. The molecule has 37 heavy (non-hydrogen) atoms. The number of likely N-dealkylation sites (N-methyl/N-ethyl adjacent to an activating group) is 1. The average molecular weight is 496 g/mol. The molecule has 0 spiro atoms. The second kappa shape index (κ2) is 13.6. The number of hydrogen-bond acceptors (Lipinski definition) is 4. The molecule has 192 valence electrons. The van der Waals surface area contributed by atoms with Gasteiger partial charge in [-0.25, -0.2) is 4.98 Å². The maximum Gasteiger partial charge on any atom is 0.254 e. The maximum absolute atomic E-state index is 14.1. The predicted molar refractivity (Wildman–Crippen MR) is 151 cm³/mol. The second-order valence-corrected chi connectivity index (χ2v) is 9.16. The van der Waals surface area contributed by atoms with Crippen LogP contribution in [0.5, 0.6) is 5.88 Å². The van der Waals surface area contributed by atoms with Crippen LogP contribution in [-0.4, -0.2) is 60.0 Å². The first kappa shape index (κ1) is 26.4. The number of para-hydroxylation sites is 1. The predicted octanol–water partition coefficient (Wildman–Crippen LogP) is 5.88. The third-order valence-electron chi connectivity index (χ3n) is 6.79. The van der Waals surface area contributed by atoms with Crippen LogP contribution < -0.4 is 4.74 Å². The zero-order valence-corrected chi connectivity index (χ0v) is 22.0. The Balaban J connectivity index is 1.58. The number of carbonyl (C=O) groups excluding carboxylic acids is 1. The van der Waals surface area contributed by atoms with Gasteiger partial charge in [-0.15, -0.1) is 0 Å². The molecule has 5 nitrogen and oxygen atoms in total. The van der Waals surface area contributed by atoms with Crippen molar-refractivity contribution in [3.8, 4) is 5.88 Å². The largest absolute Gasteiger partial charge is 0.476 e. The van der Waals surface area contributed by atoms with Crippen molar-refractivity contribution in [1.29, 1.82) is 0 Å². The van der Waals surface area contributed by atoms with Gasteiger partial charge in [0.25, 0.3) is 5.91 Å². The van der Waals surface area contributed by atoms with Crippen molar-refractivity contribution in [3.63, 3.8) is 0 Å². The van der Waals surface area contributed by atoms with Gasteiger partial charge in [0.05, 0.1) is 11.1 Å². The van der Waals surface area contributed by atoms with E-state index < -0.39 is 0 Å². The van der Waals surface area contributed by atoms with E-state index in [0.29, 0.717) is 31.1 Å². The summed E-state index contributed by atoms with van der Waals surface area (Å²) < 4.78 is 6.05. The number of ether oxygens (including phenoxy) is 1. The molecular weight excluding hydrogens is 458 g/mol. The highest BCUT2D eigenvalue weighted by Gasteiger charge is 2.20. The number of rotatable bonds is 13. The van der Waals surface area contributed by atoms with Crippen LogP contribution in [0.1, 0.15) is 35.3 Å². The van der Waals surface area contributed by atoms with Crippen molar-refractivity contribution in [2.45, 2.75) is 26.7 Å². The second-order valence-electron chi connectivity index (χ2n) is 9.16. The average Bonchev–Trinajstić information content (AvgIpc) is 2.95. The fraction of sp³-hybridized carbons (Fsp3) is 0.312. The molecule has 0 aliphatic rings. The summed E-state index contributed by atoms with van der Waals surface area (Å²) in [5.41, 5.74) is 3.86. The summed E-state index contributed by atoms with van der Waals surface area (Å²) >= 11 is 0. The van der Waals surface area contributed by atoms with E-state index in [1.54, 1.807) is 0 Å². The lowest BCUT2D eigenvalue weighted by Gasteiger charge is -2.24. The number of benzene rings is 3. The fourth-order valence-electron chi connectivity index (χ4n) is 4.52. The lowest BCUT2D eigenvalue weighted by atomic mass is 10.1. The van der Waals surface area contributed by atoms with Crippen molar-refractivity contribution >= 4 is 16.8 Å². The maximum atomic E-state index is 14.1. The molecule has 0 aliphatic carbocycles. The molecule has 5 heteroatoms. The van der Waals surface area contributed by atoms with Gasteiger partial charge in [-0.05, 0) is 43.1 Å². The van der Waals surface area contributed by atoms with E-state index >= 15 is 0 Å². The number of nitrogens with zero attached hydrogens (tertiary/aromatic N) is 3. The summed E-state index contributed by atoms with van der Waals surface area (Å²) in [4.78, 5) is 23.0. The lowest BCUT2D eigenvalue weighted by Crippen LogP contribution is -2.35. The molecule has 4 aromatic rings. The summed E-state index contributed by atoms with van der Waals surface area (Å²) in [5.74, 6) is 0.513. The molecule has 0 atom stereocenters. The summed E-state index contributed by atoms with van der Waals surface area (Å²) in [6.07, 6.45) is 1.61. The zero-order chi connectivity index (χ0) is 25.9. The van der Waals surface area contributed by atoms with Crippen LogP contribution in [0, 0.1) is 0 Å². The summed E-state index contributed by atoms with van der Waals surface area (Å²) in [6, 6.07) is 30.3. The minimum Gasteiger partial charge on any atom is -0.476 e. The van der Waals surface area contributed by atoms with Crippen LogP contribution in [0.3, 0.4) is 0 Å². The normalized spacial score (nSPS) is 11.1. The fourth-order valence-corrected chi connectivity index (χ4v) is 4.52. The van der Waals surface area contributed by atoms with Crippen LogP contribution in [0.4, 0.5) is 0 Å². The van der Waals surface area contributed by atoms with E-state index in [0.717, 1.165) is 43.4 Å². The molecule has 0 N–H and O–H groups in total. The lowest BCUT2D eigenvalue weighted by molar-refractivity contribution is 0.0760. The zero-order valence-electron chi connectivity index (χ0n) is 22.0. The Kier molecular flexibility index (Phi) is 9.67. The first-order chi connectivity index (χ1) is 18.2. The molecule has 1 heterocycles. The van der Waals surface area contributed by atoms with E-state index in [-0.39, 0.29) is 5.91 Å². The summed E-state index contributed by atoms with van der Waals surface area (Å²) in [6.45, 7) is 8.90. The molecule has 0 saturated carbocycles. The molecule has 0 fully saturated rings. The van der Waals surface area contributed by atoms with Gasteiger partial charge < -0.3 is 14.5 Å². The number of aromatic nitrogens is 1. The molecule has 1 aromatic heterocycles. The molecule has 0 saturated heterocycles. The van der Waals surface area contributed by atoms with E-state index in [9.17, 15) is 4.79 Å². The minimum atomic E-state index is 0.0130. The van der Waals surface area contributed by atoms with Gasteiger partial charge in [0, 0.05) is 31.1 Å². The van der Waals surface area contributed by atoms with Gasteiger partial charge in [0.15, 0.2) is 0 Å². The highest BCUT2D eigenvalue weighted by atomic mass is 16.5. The Morgan fingerprint density at radius 3 is 1.92 bits per heavy atom. The van der Waals surface area contributed by atoms with Gasteiger partial charge in [-0.1, -0.05) is 92.7 Å². The van der Waals surface area contributed by atoms with Crippen LogP contribution in [0.25, 0.3) is 10.9 Å². The number of hydrogen-bond donors (Lipinski definition) is 0. The molecule has 0 aliphatic heterocycles. The first-order valence-corrected chi connectivity index (χ1v) is 13.3. The van der Waals surface area contributed by atoms with Crippen LogP contribution in [0.2, 0.25) is 0 Å². The third kappa shape index (κ3) is 7.40. The van der Waals surface area contributed by atoms with Crippen molar-refractivity contribution in [2.24, 2.45) is 0 Å². The SMILES string of the molecule is CCN(CC)CCOc1cc(C(=O)N(CCc2ccccc2)CCc2ccccc2)c2ccccc2n1. The van der Waals surface area contributed by atoms with Crippen molar-refractivity contribution in [3.05, 3.63) is 108 Å². The Bertz CT molecular complexity index is 1210. The highest BCUT2D eigenvalue weighted by molar-refractivity contribution is 6.06. The van der Waals surface area contributed by atoms with E-state index in [2.05, 4.69) is 43.0 Å². The number of amides is 1. The van der Waals surface area contributed by atoms with E-state index in [1.807, 2.05) is 71.6 Å². The van der Waals surface area contributed by atoms with Crippen molar-refractivity contribution in [1.82, 2.24) is 14.8 Å². The molecule has 0 unspecified atom stereocenters.